The molecule has 2 fully saturated rings. The highest BCUT2D eigenvalue weighted by Gasteiger charge is 2.37. The Morgan fingerprint density at radius 1 is 1.29 bits per heavy atom. The van der Waals surface area contributed by atoms with Crippen molar-refractivity contribution in [2.24, 2.45) is 0 Å². The van der Waals surface area contributed by atoms with Gasteiger partial charge in [-0.25, -0.2) is 0 Å². The van der Waals surface area contributed by atoms with E-state index in [0.717, 1.165) is 23.7 Å². The van der Waals surface area contributed by atoms with Crippen LogP contribution in [0.3, 0.4) is 0 Å². The van der Waals surface area contributed by atoms with Gasteiger partial charge in [-0.15, -0.1) is 12.4 Å². The number of methoxy groups -OCH3 is 2. The molecule has 0 spiro atoms. The number of thioether (sulfide) groups is 1. The van der Waals surface area contributed by atoms with Gasteiger partial charge in [-0.05, 0) is 6.42 Å². The Labute approximate surface area is 176 Å². The lowest BCUT2D eigenvalue weighted by atomic mass is 10.1. The molecule has 0 saturated carbocycles. The quantitative estimate of drug-likeness (QED) is 0.743. The van der Waals surface area contributed by atoms with E-state index in [-0.39, 0.29) is 30.3 Å². The number of benzene rings is 1. The number of hydrogen-bond donors (Lipinski definition) is 1. The van der Waals surface area contributed by atoms with Crippen molar-refractivity contribution in [2.75, 3.05) is 50.8 Å². The summed E-state index contributed by atoms with van der Waals surface area (Å²) in [4.78, 5) is 28.9. The van der Waals surface area contributed by atoms with Crippen LogP contribution < -0.4 is 19.7 Å². The molecule has 28 heavy (non-hydrogen) atoms. The first-order valence-electron chi connectivity index (χ1n) is 9.14. The third-order valence-corrected chi connectivity index (χ3v) is 6.24. The number of hydrogen-bond acceptors (Lipinski definition) is 6. The average Bonchev–Trinajstić information content (AvgIpc) is 3.08. The fourth-order valence-corrected chi connectivity index (χ4v) is 4.46. The number of nitrogens with one attached hydrogen (secondary N) is 1. The number of halogens is 1. The Balaban J connectivity index is 0.00000280. The van der Waals surface area contributed by atoms with E-state index >= 15 is 0 Å². The Morgan fingerprint density at radius 3 is 2.54 bits per heavy atom. The predicted octanol–water partition coefficient (Wildman–Crippen LogP) is 1.78. The average molecular weight is 430 g/mol. The molecule has 0 bridgehead atoms. The van der Waals surface area contributed by atoms with E-state index in [1.54, 1.807) is 37.1 Å². The van der Waals surface area contributed by atoms with Gasteiger partial charge in [-0.3, -0.25) is 9.59 Å². The van der Waals surface area contributed by atoms with Crippen LogP contribution in [-0.2, 0) is 9.59 Å². The molecule has 156 valence electrons. The predicted molar refractivity (Wildman–Crippen MR) is 114 cm³/mol. The minimum Gasteiger partial charge on any atom is -0.497 e. The number of carbonyl (C=O) groups excluding carboxylic acids is 2. The molecule has 2 aliphatic heterocycles. The van der Waals surface area contributed by atoms with Crippen LogP contribution in [0.1, 0.15) is 12.8 Å². The number of nitrogens with zero attached hydrogens (tertiary/aromatic N) is 2. The molecule has 7 nitrogen and oxygen atoms in total. The zero-order chi connectivity index (χ0) is 19.4. The van der Waals surface area contributed by atoms with E-state index in [1.807, 2.05) is 23.9 Å². The van der Waals surface area contributed by atoms with Gasteiger partial charge >= 0.3 is 0 Å². The molecule has 2 amide bonds. The lowest BCUT2D eigenvalue weighted by Crippen LogP contribution is -2.46. The zero-order valence-electron chi connectivity index (χ0n) is 16.5. The standard InChI is InChI=1S/C19H27N3O4S.ClH/c1-21(18(23)8-13-12-27-7-5-20-13)17-4-6-22(19(17)24)14-9-15(25-2)11-16(10-14)26-3;/h9-11,13,17,20H,4-8,12H2,1-3H3;1H. The van der Waals surface area contributed by atoms with Gasteiger partial charge in [-0.2, -0.15) is 11.8 Å². The van der Waals surface area contributed by atoms with Crippen LogP contribution in [0.5, 0.6) is 11.5 Å². The number of likely N-dealkylation sites (N-methyl/N-ethyl adjacent to an activating group) is 1. The van der Waals surface area contributed by atoms with Crippen LogP contribution in [0.4, 0.5) is 5.69 Å². The molecule has 0 aromatic heterocycles. The number of amides is 2. The molecule has 2 atom stereocenters. The molecule has 2 heterocycles. The first-order valence-corrected chi connectivity index (χ1v) is 10.3. The number of carbonyl (C=O) groups is 2. The van der Waals surface area contributed by atoms with Crippen LogP contribution in [0.2, 0.25) is 0 Å². The van der Waals surface area contributed by atoms with Crippen LogP contribution in [0.25, 0.3) is 0 Å². The second-order valence-corrected chi connectivity index (χ2v) is 7.95. The molecule has 0 aliphatic carbocycles. The van der Waals surface area contributed by atoms with Crippen molar-refractivity contribution < 1.29 is 19.1 Å². The third kappa shape index (κ3) is 5.04. The molecule has 2 unspecified atom stereocenters. The SMILES string of the molecule is COc1cc(OC)cc(N2CCC(N(C)C(=O)CC3CSCCN3)C2=O)c1.Cl. The maximum Gasteiger partial charge on any atom is 0.249 e. The van der Waals surface area contributed by atoms with Gasteiger partial charge in [0.05, 0.1) is 19.9 Å². The smallest absolute Gasteiger partial charge is 0.249 e. The maximum absolute atomic E-state index is 13.0. The largest absolute Gasteiger partial charge is 0.497 e. The van der Waals surface area contributed by atoms with Crippen molar-refractivity contribution in [1.29, 1.82) is 0 Å². The highest BCUT2D eigenvalue weighted by atomic mass is 35.5. The van der Waals surface area contributed by atoms with Gasteiger partial charge < -0.3 is 24.6 Å². The maximum atomic E-state index is 13.0. The van der Waals surface area contributed by atoms with E-state index in [4.69, 9.17) is 9.47 Å². The summed E-state index contributed by atoms with van der Waals surface area (Å²) in [5.41, 5.74) is 0.727. The monoisotopic (exact) mass is 429 g/mol. The Bertz CT molecular complexity index is 678. The summed E-state index contributed by atoms with van der Waals surface area (Å²) in [7, 11) is 4.89. The van der Waals surface area contributed by atoms with Crippen LogP contribution in [0, 0.1) is 0 Å². The topological polar surface area (TPSA) is 71.1 Å². The second kappa shape index (κ2) is 10.2. The molecule has 0 radical (unpaired) electrons. The normalized spacial score (nSPS) is 21.8. The molecule has 1 aromatic rings. The Morgan fingerprint density at radius 2 is 1.96 bits per heavy atom. The fourth-order valence-electron chi connectivity index (χ4n) is 3.51. The highest BCUT2D eigenvalue weighted by Crippen LogP contribution is 2.32. The number of rotatable bonds is 6. The van der Waals surface area contributed by atoms with Crippen LogP contribution in [0.15, 0.2) is 18.2 Å². The van der Waals surface area contributed by atoms with Gasteiger partial charge in [0.25, 0.3) is 0 Å². The molecule has 2 saturated heterocycles. The summed E-state index contributed by atoms with van der Waals surface area (Å²) in [5.74, 6) is 3.23. The highest BCUT2D eigenvalue weighted by molar-refractivity contribution is 7.99. The van der Waals surface area contributed by atoms with Gasteiger partial charge in [0.1, 0.15) is 17.5 Å². The van der Waals surface area contributed by atoms with Gasteiger partial charge in [0.2, 0.25) is 11.8 Å². The van der Waals surface area contributed by atoms with Crippen molar-refractivity contribution >= 4 is 41.7 Å². The Kier molecular flexibility index (Phi) is 8.27. The summed E-state index contributed by atoms with van der Waals surface area (Å²) >= 11 is 1.86. The first kappa shape index (κ1) is 22.6. The number of ether oxygens (including phenoxy) is 2. The van der Waals surface area contributed by atoms with Crippen molar-refractivity contribution in [3.63, 3.8) is 0 Å². The van der Waals surface area contributed by atoms with Crippen molar-refractivity contribution in [2.45, 2.75) is 24.9 Å². The molecule has 1 N–H and O–H groups in total. The first-order chi connectivity index (χ1) is 13.0. The van der Waals surface area contributed by atoms with E-state index in [0.29, 0.717) is 30.9 Å². The van der Waals surface area contributed by atoms with Crippen molar-refractivity contribution in [1.82, 2.24) is 10.2 Å². The minimum absolute atomic E-state index is 0. The van der Waals surface area contributed by atoms with E-state index in [2.05, 4.69) is 5.32 Å². The lowest BCUT2D eigenvalue weighted by molar-refractivity contribution is -0.137. The van der Waals surface area contributed by atoms with Crippen molar-refractivity contribution in [3.8, 4) is 11.5 Å². The zero-order valence-corrected chi connectivity index (χ0v) is 18.1. The molecular formula is C19H28ClN3O4S. The lowest BCUT2D eigenvalue weighted by Gasteiger charge is -2.28. The summed E-state index contributed by atoms with van der Waals surface area (Å²) in [5, 5.41) is 3.38. The van der Waals surface area contributed by atoms with Crippen molar-refractivity contribution in [3.05, 3.63) is 18.2 Å². The van der Waals surface area contributed by atoms with Crippen LogP contribution in [-0.4, -0.2) is 74.7 Å². The molecule has 1 aromatic carbocycles. The second-order valence-electron chi connectivity index (χ2n) is 6.80. The van der Waals surface area contributed by atoms with Crippen LogP contribution >= 0.6 is 24.2 Å². The van der Waals surface area contributed by atoms with E-state index < -0.39 is 6.04 Å². The molecular weight excluding hydrogens is 402 g/mol. The van der Waals surface area contributed by atoms with Gasteiger partial charge in [-0.1, -0.05) is 0 Å². The summed E-state index contributed by atoms with van der Waals surface area (Å²) in [6.07, 6.45) is 1.05. The minimum atomic E-state index is -0.425. The van der Waals surface area contributed by atoms with E-state index in [9.17, 15) is 9.59 Å². The van der Waals surface area contributed by atoms with Gasteiger partial charge in [0, 0.05) is 62.3 Å². The Hall–Kier alpha value is -1.64. The number of anilines is 1. The molecule has 2 aliphatic rings. The molecule has 9 heteroatoms. The summed E-state index contributed by atoms with van der Waals surface area (Å²) in [6, 6.07) is 5.16. The molecule has 3 rings (SSSR count). The fraction of sp³-hybridized carbons (Fsp3) is 0.579. The van der Waals surface area contributed by atoms with E-state index in [1.165, 1.54) is 0 Å². The summed E-state index contributed by atoms with van der Waals surface area (Å²) in [6.45, 7) is 1.50. The van der Waals surface area contributed by atoms with Gasteiger partial charge in [0.15, 0.2) is 0 Å². The summed E-state index contributed by atoms with van der Waals surface area (Å²) < 4.78 is 10.6. The third-order valence-electron chi connectivity index (χ3n) is 5.11.